The van der Waals surface area contributed by atoms with E-state index in [1.807, 2.05) is 30.3 Å². The number of benzene rings is 1. The van der Waals surface area contributed by atoms with Crippen molar-refractivity contribution in [2.24, 2.45) is 0 Å². The van der Waals surface area contributed by atoms with E-state index in [9.17, 15) is 9.59 Å². The summed E-state index contributed by atoms with van der Waals surface area (Å²) < 4.78 is 5.30. The van der Waals surface area contributed by atoms with Crippen LogP contribution in [0.25, 0.3) is 0 Å². The number of para-hydroxylation sites is 1. The Hall–Kier alpha value is -1.84. The fourth-order valence-electron chi connectivity index (χ4n) is 1.00. The quantitative estimate of drug-likeness (QED) is 0.744. The summed E-state index contributed by atoms with van der Waals surface area (Å²) in [6.45, 7) is 0.235. The summed E-state index contributed by atoms with van der Waals surface area (Å²) in [4.78, 5) is 20.9. The fraction of sp³-hybridized carbons (Fsp3) is 0.273. The van der Waals surface area contributed by atoms with Crippen molar-refractivity contribution in [2.45, 2.75) is 6.42 Å². The van der Waals surface area contributed by atoms with E-state index in [2.05, 4.69) is 5.32 Å². The molecule has 0 heterocycles. The van der Waals surface area contributed by atoms with Crippen LogP contribution in [0.3, 0.4) is 0 Å². The lowest BCUT2D eigenvalue weighted by Crippen LogP contribution is -2.26. The third-order valence-electron chi connectivity index (χ3n) is 1.70. The Bertz CT molecular complexity index is 311. The van der Waals surface area contributed by atoms with Crippen LogP contribution in [-0.4, -0.2) is 25.3 Å². The van der Waals surface area contributed by atoms with E-state index in [1.165, 1.54) is 0 Å². The number of carbonyl (C=O) groups is 1. The second kappa shape index (κ2) is 6.59. The molecule has 0 aliphatic heterocycles. The van der Waals surface area contributed by atoms with Crippen LogP contribution in [0.2, 0.25) is 0 Å². The highest BCUT2D eigenvalue weighted by atomic mass is 16.5. The average molecular weight is 206 g/mol. The zero-order chi connectivity index (χ0) is 10.9. The van der Waals surface area contributed by atoms with Crippen molar-refractivity contribution in [2.75, 3.05) is 13.2 Å². The van der Waals surface area contributed by atoms with Gasteiger partial charge in [-0.3, -0.25) is 9.59 Å². The standard InChI is InChI=1S/C11H12NO3/c13-8-7-12-11(14)6-9-15-10-4-2-1-3-5-10/h1-5H,6-7,9H2,(H,12,14). The van der Waals surface area contributed by atoms with Crippen LogP contribution >= 0.6 is 0 Å². The minimum absolute atomic E-state index is 0.0653. The van der Waals surface area contributed by atoms with Gasteiger partial charge in [0.1, 0.15) is 5.75 Å². The van der Waals surface area contributed by atoms with E-state index in [4.69, 9.17) is 4.74 Å². The molecule has 0 saturated heterocycles. The molecule has 0 saturated carbocycles. The molecule has 1 amide bonds. The van der Waals surface area contributed by atoms with Gasteiger partial charge < -0.3 is 10.1 Å². The van der Waals surface area contributed by atoms with E-state index in [0.29, 0.717) is 6.61 Å². The summed E-state index contributed by atoms with van der Waals surface area (Å²) >= 11 is 0. The summed E-state index contributed by atoms with van der Waals surface area (Å²) in [5.74, 6) is 0.515. The molecule has 0 unspecified atom stereocenters. The zero-order valence-electron chi connectivity index (χ0n) is 8.23. The molecule has 15 heavy (non-hydrogen) atoms. The molecular weight excluding hydrogens is 194 g/mol. The van der Waals surface area contributed by atoms with Crippen LogP contribution < -0.4 is 10.1 Å². The van der Waals surface area contributed by atoms with Crippen molar-refractivity contribution in [1.82, 2.24) is 5.32 Å². The summed E-state index contributed by atoms with van der Waals surface area (Å²) in [5.41, 5.74) is 0. The number of nitrogens with one attached hydrogen (secondary N) is 1. The Morgan fingerprint density at radius 1 is 1.33 bits per heavy atom. The summed E-state index contributed by atoms with van der Waals surface area (Å²) in [6, 6.07) is 9.24. The van der Waals surface area contributed by atoms with Crippen molar-refractivity contribution in [1.29, 1.82) is 0 Å². The van der Waals surface area contributed by atoms with Gasteiger partial charge in [-0.1, -0.05) is 18.2 Å². The molecule has 1 aromatic carbocycles. The van der Waals surface area contributed by atoms with Gasteiger partial charge in [-0.2, -0.15) is 0 Å². The number of rotatable bonds is 6. The van der Waals surface area contributed by atoms with Crippen LogP contribution in [0.1, 0.15) is 6.42 Å². The first-order valence-electron chi connectivity index (χ1n) is 4.62. The fourth-order valence-corrected chi connectivity index (χ4v) is 1.00. The SMILES string of the molecule is O=[C]CNC(=O)CCOc1ccccc1. The zero-order valence-corrected chi connectivity index (χ0v) is 8.23. The molecule has 0 fully saturated rings. The Morgan fingerprint density at radius 3 is 2.73 bits per heavy atom. The Morgan fingerprint density at radius 2 is 2.07 bits per heavy atom. The monoisotopic (exact) mass is 206 g/mol. The third kappa shape index (κ3) is 4.81. The Labute approximate surface area is 88.2 Å². The van der Waals surface area contributed by atoms with Crippen LogP contribution in [0.15, 0.2) is 30.3 Å². The van der Waals surface area contributed by atoms with Crippen molar-refractivity contribution < 1.29 is 14.3 Å². The molecule has 0 aliphatic rings. The maximum absolute atomic E-state index is 11.0. The van der Waals surface area contributed by atoms with Gasteiger partial charge >= 0.3 is 0 Å². The highest BCUT2D eigenvalue weighted by Crippen LogP contribution is 2.07. The molecule has 0 bridgehead atoms. The molecule has 4 nitrogen and oxygen atoms in total. The lowest BCUT2D eigenvalue weighted by Gasteiger charge is -2.05. The van der Waals surface area contributed by atoms with Crippen LogP contribution in [-0.2, 0) is 9.59 Å². The number of carbonyl (C=O) groups excluding carboxylic acids is 2. The van der Waals surface area contributed by atoms with Gasteiger partial charge in [-0.25, -0.2) is 0 Å². The molecule has 0 atom stereocenters. The molecule has 0 aromatic heterocycles. The molecule has 79 valence electrons. The van der Waals surface area contributed by atoms with Crippen molar-refractivity contribution in [3.8, 4) is 5.75 Å². The van der Waals surface area contributed by atoms with Gasteiger partial charge in [-0.15, -0.1) is 0 Å². The lowest BCUT2D eigenvalue weighted by atomic mass is 10.3. The summed E-state index contributed by atoms with van der Waals surface area (Å²) in [6.07, 6.45) is 1.82. The third-order valence-corrected chi connectivity index (χ3v) is 1.70. The van der Waals surface area contributed by atoms with Crippen LogP contribution in [0.5, 0.6) is 5.75 Å². The predicted molar refractivity (Wildman–Crippen MR) is 55.3 cm³/mol. The number of amides is 1. The van der Waals surface area contributed by atoms with Crippen molar-refractivity contribution >= 4 is 12.2 Å². The van der Waals surface area contributed by atoms with Gasteiger partial charge in [0, 0.05) is 0 Å². The molecule has 1 N–H and O–H groups in total. The molecule has 0 spiro atoms. The summed E-state index contributed by atoms with van der Waals surface area (Å²) in [7, 11) is 0. The smallest absolute Gasteiger partial charge is 0.223 e. The minimum atomic E-state index is -0.214. The normalized spacial score (nSPS) is 9.33. The molecule has 4 heteroatoms. The average Bonchev–Trinajstić information content (AvgIpc) is 2.28. The lowest BCUT2D eigenvalue weighted by molar-refractivity contribution is -0.121. The Kier molecular flexibility index (Phi) is 4.94. The van der Waals surface area contributed by atoms with E-state index >= 15 is 0 Å². The topological polar surface area (TPSA) is 55.4 Å². The molecule has 1 aromatic rings. The van der Waals surface area contributed by atoms with E-state index < -0.39 is 0 Å². The first kappa shape index (κ1) is 11.2. The van der Waals surface area contributed by atoms with Crippen molar-refractivity contribution in [3.05, 3.63) is 30.3 Å². The highest BCUT2D eigenvalue weighted by molar-refractivity contribution is 5.78. The molecule has 0 aliphatic carbocycles. The number of hydrogen-bond donors (Lipinski definition) is 1. The number of ether oxygens (including phenoxy) is 1. The number of hydrogen-bond acceptors (Lipinski definition) is 3. The molecule has 1 rings (SSSR count). The van der Waals surface area contributed by atoms with Gasteiger partial charge in [0.2, 0.25) is 12.2 Å². The minimum Gasteiger partial charge on any atom is -0.493 e. The second-order valence-corrected chi connectivity index (χ2v) is 2.83. The van der Waals surface area contributed by atoms with Gasteiger partial charge in [0.05, 0.1) is 19.6 Å². The van der Waals surface area contributed by atoms with Crippen molar-refractivity contribution in [3.63, 3.8) is 0 Å². The maximum atomic E-state index is 11.0. The van der Waals surface area contributed by atoms with E-state index in [1.54, 1.807) is 6.29 Å². The largest absolute Gasteiger partial charge is 0.493 e. The van der Waals surface area contributed by atoms with E-state index in [0.717, 1.165) is 5.75 Å². The van der Waals surface area contributed by atoms with Gasteiger partial charge in [0.25, 0.3) is 0 Å². The first-order valence-corrected chi connectivity index (χ1v) is 4.62. The van der Waals surface area contributed by atoms with Crippen LogP contribution in [0.4, 0.5) is 0 Å². The molecular formula is C11H12NO3. The maximum Gasteiger partial charge on any atom is 0.223 e. The second-order valence-electron chi connectivity index (χ2n) is 2.83. The van der Waals surface area contributed by atoms with Gasteiger partial charge in [-0.05, 0) is 12.1 Å². The van der Waals surface area contributed by atoms with Gasteiger partial charge in [0.15, 0.2) is 0 Å². The first-order chi connectivity index (χ1) is 7.33. The summed E-state index contributed by atoms with van der Waals surface area (Å²) in [5, 5.41) is 2.38. The predicted octanol–water partition coefficient (Wildman–Crippen LogP) is 0.681. The Balaban J connectivity index is 2.16. The van der Waals surface area contributed by atoms with E-state index in [-0.39, 0.29) is 18.9 Å². The molecule has 1 radical (unpaired) electrons. The van der Waals surface area contributed by atoms with Crippen LogP contribution in [0, 0.1) is 0 Å². The highest BCUT2D eigenvalue weighted by Gasteiger charge is 2.00.